The van der Waals surface area contributed by atoms with Gasteiger partial charge in [-0.3, -0.25) is 24.5 Å². The van der Waals surface area contributed by atoms with E-state index in [9.17, 15) is 24.4 Å². The van der Waals surface area contributed by atoms with Gasteiger partial charge in [-0.15, -0.1) is 0 Å². The highest BCUT2D eigenvalue weighted by molar-refractivity contribution is 6.31. The van der Waals surface area contributed by atoms with Gasteiger partial charge in [0.15, 0.2) is 0 Å². The maximum absolute atomic E-state index is 13.3. The van der Waals surface area contributed by atoms with Gasteiger partial charge < -0.3 is 24.4 Å². The number of benzene rings is 3. The van der Waals surface area contributed by atoms with Crippen molar-refractivity contribution in [1.29, 1.82) is 5.26 Å². The largest absolute Gasteiger partial charge is 0.491 e. The molecule has 2 heterocycles. The number of rotatable bonds is 14. The highest BCUT2D eigenvalue weighted by atomic mass is 35.5. The van der Waals surface area contributed by atoms with Gasteiger partial charge in [0.25, 0.3) is 11.8 Å². The molecule has 11 nitrogen and oxygen atoms in total. The molecule has 2 aliphatic heterocycles. The second-order valence-corrected chi connectivity index (χ2v) is 15.5. The summed E-state index contributed by atoms with van der Waals surface area (Å²) in [6.07, 6.45) is 2.98. The molecule has 3 aliphatic rings. The van der Waals surface area contributed by atoms with E-state index in [2.05, 4.69) is 44.4 Å². The summed E-state index contributed by atoms with van der Waals surface area (Å²) in [5, 5.41) is 15.1. The number of hydrogen-bond donors (Lipinski definition) is 2. The summed E-state index contributed by atoms with van der Waals surface area (Å²) in [5.41, 5.74) is 2.69. The molecule has 0 bridgehead atoms. The van der Waals surface area contributed by atoms with Crippen molar-refractivity contribution in [3.8, 4) is 17.6 Å². The quantitative estimate of drug-likeness (QED) is 0.151. The molecule has 0 radical (unpaired) electrons. The number of ether oxygens (including phenoxy) is 3. The Hall–Kier alpha value is -4.92. The molecule has 6 rings (SSSR count). The minimum atomic E-state index is -0.669. The number of aryl methyl sites for hydroxylation is 1. The molecule has 1 saturated carbocycles. The van der Waals surface area contributed by atoms with Crippen LogP contribution >= 0.6 is 11.6 Å². The second kappa shape index (κ2) is 15.6. The zero-order valence-corrected chi connectivity index (χ0v) is 31.3. The molecule has 2 N–H and O–H groups in total. The first kappa shape index (κ1) is 37.8. The van der Waals surface area contributed by atoms with Gasteiger partial charge in [-0.1, -0.05) is 57.5 Å². The third-order valence-corrected chi connectivity index (χ3v) is 11.0. The fourth-order valence-corrected chi connectivity index (χ4v) is 8.38. The average Bonchev–Trinajstić information content (AvgIpc) is 3.46. The summed E-state index contributed by atoms with van der Waals surface area (Å²) in [5.74, 6) is 0.0704. The number of unbranched alkanes of at least 4 members (excludes halogenated alkanes) is 1. The molecule has 53 heavy (non-hydrogen) atoms. The number of imide groups is 1. The fraction of sp³-hybridized carbons (Fsp3) is 0.439. The summed E-state index contributed by atoms with van der Waals surface area (Å²) in [6.45, 7) is 9.87. The van der Waals surface area contributed by atoms with Gasteiger partial charge in [0.05, 0.1) is 23.7 Å². The Morgan fingerprint density at radius 2 is 1.75 bits per heavy atom. The fourth-order valence-electron chi connectivity index (χ4n) is 8.17. The van der Waals surface area contributed by atoms with Crippen LogP contribution in [0.4, 0.5) is 0 Å². The lowest BCUT2D eigenvalue weighted by atomic mass is 9.49. The van der Waals surface area contributed by atoms with Gasteiger partial charge in [0.2, 0.25) is 11.8 Å². The molecule has 3 aromatic rings. The molecular formula is C41H45ClN4O7. The number of amides is 4. The molecule has 0 spiro atoms. The van der Waals surface area contributed by atoms with E-state index in [0.29, 0.717) is 59.5 Å². The summed E-state index contributed by atoms with van der Waals surface area (Å²) in [4.78, 5) is 51.7. The lowest BCUT2D eigenvalue weighted by Crippen LogP contribution is -2.74. The molecule has 4 amide bonds. The number of hydrogen-bond acceptors (Lipinski definition) is 8. The molecule has 2 fully saturated rings. The third kappa shape index (κ3) is 7.90. The maximum atomic E-state index is 13.3. The summed E-state index contributed by atoms with van der Waals surface area (Å²) in [7, 11) is 0. The first-order chi connectivity index (χ1) is 25.3. The highest BCUT2D eigenvalue weighted by Gasteiger charge is 2.64. The van der Waals surface area contributed by atoms with Crippen molar-refractivity contribution < 1.29 is 33.4 Å². The van der Waals surface area contributed by atoms with E-state index in [4.69, 9.17) is 25.8 Å². The summed E-state index contributed by atoms with van der Waals surface area (Å²) in [6, 6.07) is 19.3. The van der Waals surface area contributed by atoms with Crippen LogP contribution in [0.3, 0.4) is 0 Å². The van der Waals surface area contributed by atoms with Crippen LogP contribution in [-0.2, 0) is 27.3 Å². The SMILES string of the molecule is CC1(C)C(NC(=O)c2ccc(CCCCOCCOc3cccc4c3CN(C3CCC(=O)NC3=O)C4=O)cc2)C(C)(C)C1Oc1ccc(C#N)c(Cl)c1. The van der Waals surface area contributed by atoms with Gasteiger partial charge in [-0.05, 0) is 67.6 Å². The van der Waals surface area contributed by atoms with Crippen molar-refractivity contribution in [1.82, 2.24) is 15.5 Å². The lowest BCUT2D eigenvalue weighted by molar-refractivity contribution is -0.164. The summed E-state index contributed by atoms with van der Waals surface area (Å²) < 4.78 is 18.1. The standard InChI is InChI=1S/C41H45ClN4O7/c1-40(2)38(41(3,4)39(40)53-28-16-15-27(23-43)31(42)22-28)45-35(48)26-13-11-25(12-14-26)8-5-6-19-51-20-21-52-33-10-7-9-29-30(33)24-46(37(29)50)32-17-18-34(47)44-36(32)49/h7,9-16,22,32,38-39H,5-6,8,17-21,24H2,1-4H3,(H,45,48)(H,44,47,49). The van der Waals surface area contributed by atoms with Gasteiger partial charge in [0, 0.05) is 52.7 Å². The van der Waals surface area contributed by atoms with Crippen molar-refractivity contribution in [2.75, 3.05) is 19.8 Å². The predicted molar refractivity (Wildman–Crippen MR) is 198 cm³/mol. The van der Waals surface area contributed by atoms with E-state index in [1.807, 2.05) is 30.3 Å². The van der Waals surface area contributed by atoms with Crippen LogP contribution < -0.4 is 20.1 Å². The number of nitriles is 1. The minimum absolute atomic E-state index is 0.125. The Morgan fingerprint density at radius 1 is 1.00 bits per heavy atom. The Kier molecular flexibility index (Phi) is 11.1. The van der Waals surface area contributed by atoms with E-state index in [-0.39, 0.29) is 53.7 Å². The smallest absolute Gasteiger partial charge is 0.255 e. The second-order valence-electron chi connectivity index (χ2n) is 15.1. The number of piperidine rings is 1. The van der Waals surface area contributed by atoms with Crippen LogP contribution in [0.25, 0.3) is 0 Å². The number of nitrogens with one attached hydrogen (secondary N) is 2. The number of carbonyl (C=O) groups excluding carboxylic acids is 4. The maximum Gasteiger partial charge on any atom is 0.255 e. The molecule has 3 aromatic carbocycles. The summed E-state index contributed by atoms with van der Waals surface area (Å²) >= 11 is 6.22. The van der Waals surface area contributed by atoms with Gasteiger partial charge in [-0.25, -0.2) is 0 Å². The van der Waals surface area contributed by atoms with Crippen LogP contribution in [0.5, 0.6) is 11.5 Å². The van der Waals surface area contributed by atoms with Gasteiger partial charge in [0.1, 0.15) is 36.3 Å². The van der Waals surface area contributed by atoms with Crippen molar-refractivity contribution >= 4 is 35.2 Å². The van der Waals surface area contributed by atoms with Crippen molar-refractivity contribution in [3.63, 3.8) is 0 Å². The van der Waals surface area contributed by atoms with Crippen LogP contribution in [-0.4, -0.2) is 66.5 Å². The monoisotopic (exact) mass is 740 g/mol. The molecule has 1 saturated heterocycles. The molecule has 278 valence electrons. The average molecular weight is 741 g/mol. The Balaban J connectivity index is 0.894. The first-order valence-electron chi connectivity index (χ1n) is 18.0. The molecule has 1 aliphatic carbocycles. The Bertz CT molecular complexity index is 1920. The normalized spacial score (nSPS) is 21.2. The van der Waals surface area contributed by atoms with Gasteiger partial charge >= 0.3 is 0 Å². The van der Waals surface area contributed by atoms with E-state index in [1.54, 1.807) is 30.3 Å². The first-order valence-corrected chi connectivity index (χ1v) is 18.4. The van der Waals surface area contributed by atoms with Crippen LogP contribution in [0.15, 0.2) is 60.7 Å². The molecule has 1 atom stereocenters. The Labute approximate surface area is 314 Å². The van der Waals surface area contributed by atoms with Crippen LogP contribution in [0.2, 0.25) is 5.02 Å². The zero-order valence-electron chi connectivity index (χ0n) is 30.5. The molecule has 1 unspecified atom stereocenters. The molecular weight excluding hydrogens is 696 g/mol. The van der Waals surface area contributed by atoms with Crippen molar-refractivity contribution in [3.05, 3.63) is 93.5 Å². The third-order valence-electron chi connectivity index (χ3n) is 10.7. The highest BCUT2D eigenvalue weighted by Crippen LogP contribution is 2.55. The predicted octanol–water partition coefficient (Wildman–Crippen LogP) is 6.00. The van der Waals surface area contributed by atoms with Crippen molar-refractivity contribution in [2.24, 2.45) is 10.8 Å². The zero-order chi connectivity index (χ0) is 37.9. The number of carbonyl (C=O) groups is 4. The van der Waals surface area contributed by atoms with E-state index >= 15 is 0 Å². The number of halogens is 1. The minimum Gasteiger partial charge on any atom is -0.491 e. The lowest BCUT2D eigenvalue weighted by Gasteiger charge is -2.63. The van der Waals surface area contributed by atoms with Crippen molar-refractivity contribution in [2.45, 2.75) is 84.5 Å². The number of fused-ring (bicyclic) bond motifs is 1. The van der Waals surface area contributed by atoms with Gasteiger partial charge in [-0.2, -0.15) is 5.26 Å². The molecule has 12 heteroatoms. The van der Waals surface area contributed by atoms with E-state index in [1.165, 1.54) is 4.90 Å². The Morgan fingerprint density at radius 3 is 2.45 bits per heavy atom. The van der Waals surface area contributed by atoms with Crippen LogP contribution in [0.1, 0.15) is 90.8 Å². The topological polar surface area (TPSA) is 147 Å². The number of nitrogens with zero attached hydrogens (tertiary/aromatic N) is 2. The van der Waals surface area contributed by atoms with E-state index in [0.717, 1.165) is 30.4 Å². The van der Waals surface area contributed by atoms with Crippen LogP contribution in [0, 0.1) is 22.2 Å². The molecule has 0 aromatic heterocycles. The van der Waals surface area contributed by atoms with E-state index < -0.39 is 11.9 Å².